The van der Waals surface area contributed by atoms with Crippen molar-refractivity contribution < 1.29 is 4.92 Å². The van der Waals surface area contributed by atoms with Crippen LogP contribution >= 0.6 is 28.6 Å². The van der Waals surface area contributed by atoms with Gasteiger partial charge in [0.15, 0.2) is 0 Å². The number of thiol groups is 1. The van der Waals surface area contributed by atoms with Crippen LogP contribution in [0.15, 0.2) is 21.5 Å². The van der Waals surface area contributed by atoms with E-state index in [1.807, 2.05) is 6.92 Å². The van der Waals surface area contributed by atoms with E-state index < -0.39 is 4.92 Å². The average molecular weight is 248 g/mol. The van der Waals surface area contributed by atoms with Crippen LogP contribution in [0.3, 0.4) is 0 Å². The zero-order valence-corrected chi connectivity index (χ0v) is 8.72. The van der Waals surface area contributed by atoms with Gasteiger partial charge in [0, 0.05) is 0 Å². The molecule has 0 bridgehead atoms. The van der Waals surface area contributed by atoms with E-state index in [0.717, 1.165) is 5.56 Å². The van der Waals surface area contributed by atoms with Crippen molar-refractivity contribution >= 4 is 34.2 Å². The minimum atomic E-state index is -0.453. The third-order valence-electron chi connectivity index (χ3n) is 1.37. The number of aryl methyl sites for hydroxylation is 1. The van der Waals surface area contributed by atoms with Crippen LogP contribution < -0.4 is 0 Å². The number of hydrogen-bond donors (Lipinski definition) is 1. The predicted octanol–water partition coefficient (Wildman–Crippen LogP) is 2.95. The zero-order chi connectivity index (χ0) is 9.30. The number of rotatable bonds is 1. The Labute approximate surface area is 83.5 Å². The summed E-state index contributed by atoms with van der Waals surface area (Å²) >= 11 is 7.11. The molecule has 1 aromatic carbocycles. The monoisotopic (exact) mass is 247 g/mol. The summed E-state index contributed by atoms with van der Waals surface area (Å²) in [7, 11) is 0. The molecule has 12 heavy (non-hydrogen) atoms. The first-order valence-corrected chi connectivity index (χ1v) is 4.40. The molecule has 0 N–H and O–H groups in total. The summed E-state index contributed by atoms with van der Waals surface area (Å²) in [5.41, 5.74) is 0.960. The molecule has 0 saturated heterocycles. The number of hydrogen-bond acceptors (Lipinski definition) is 3. The summed E-state index contributed by atoms with van der Waals surface area (Å²) < 4.78 is 0.470. The van der Waals surface area contributed by atoms with Crippen LogP contribution in [-0.4, -0.2) is 4.92 Å². The largest absolute Gasteiger partial charge is 0.296 e. The van der Waals surface area contributed by atoms with Gasteiger partial charge < -0.3 is 0 Å². The average Bonchev–Trinajstić information content (AvgIpc) is 1.82. The third kappa shape index (κ3) is 1.78. The van der Waals surface area contributed by atoms with Crippen LogP contribution in [0.5, 0.6) is 0 Å². The molecule has 0 radical (unpaired) electrons. The Hall–Kier alpha value is -0.550. The molecule has 0 fully saturated rings. The van der Waals surface area contributed by atoms with Gasteiger partial charge in [-0.15, -0.1) is 12.6 Å². The standard InChI is InChI=1S/C7H6BrNO2S/c1-4-2-5(8)7(9(10)11)6(12)3-4/h2-3,12H,1H3. The number of nitro groups is 1. The van der Waals surface area contributed by atoms with Crippen molar-refractivity contribution in [1.29, 1.82) is 0 Å². The number of nitrogens with zero attached hydrogens (tertiary/aromatic N) is 1. The fourth-order valence-electron chi connectivity index (χ4n) is 0.897. The molecule has 0 heterocycles. The highest BCUT2D eigenvalue weighted by Gasteiger charge is 2.15. The SMILES string of the molecule is Cc1cc(S)c([N+](=O)[O-])c(Br)c1. The summed E-state index contributed by atoms with van der Waals surface area (Å²) in [5, 5.41) is 10.5. The van der Waals surface area contributed by atoms with Crippen molar-refractivity contribution in [2.24, 2.45) is 0 Å². The van der Waals surface area contributed by atoms with Gasteiger partial charge in [-0.3, -0.25) is 10.1 Å². The van der Waals surface area contributed by atoms with Gasteiger partial charge in [-0.05, 0) is 40.5 Å². The zero-order valence-electron chi connectivity index (χ0n) is 6.24. The molecule has 0 unspecified atom stereocenters. The van der Waals surface area contributed by atoms with Crippen molar-refractivity contribution in [3.8, 4) is 0 Å². The molecule has 1 rings (SSSR count). The van der Waals surface area contributed by atoms with Crippen molar-refractivity contribution in [2.75, 3.05) is 0 Å². The second-order valence-electron chi connectivity index (χ2n) is 2.37. The van der Waals surface area contributed by atoms with E-state index in [0.29, 0.717) is 9.37 Å². The number of halogens is 1. The molecule has 5 heteroatoms. The number of benzene rings is 1. The highest BCUT2D eigenvalue weighted by Crippen LogP contribution is 2.32. The maximum absolute atomic E-state index is 10.5. The van der Waals surface area contributed by atoms with Gasteiger partial charge in [0.05, 0.1) is 14.3 Å². The maximum Gasteiger partial charge on any atom is 0.296 e. The maximum atomic E-state index is 10.5. The van der Waals surface area contributed by atoms with Crippen LogP contribution in [0, 0.1) is 17.0 Å². The van der Waals surface area contributed by atoms with E-state index >= 15 is 0 Å². The molecule has 1 aromatic rings. The molecule has 0 aromatic heterocycles. The lowest BCUT2D eigenvalue weighted by Crippen LogP contribution is -1.91. The lowest BCUT2D eigenvalue weighted by molar-refractivity contribution is -0.388. The molecule has 0 aliphatic rings. The first-order chi connectivity index (χ1) is 5.52. The fourth-order valence-corrected chi connectivity index (χ4v) is 2.18. The molecule has 0 atom stereocenters. The topological polar surface area (TPSA) is 43.1 Å². The summed E-state index contributed by atoms with van der Waals surface area (Å²) in [6, 6.07) is 3.35. The van der Waals surface area contributed by atoms with Gasteiger partial charge in [0.1, 0.15) is 0 Å². The van der Waals surface area contributed by atoms with Crippen molar-refractivity contribution in [3.63, 3.8) is 0 Å². The van der Waals surface area contributed by atoms with Crippen LogP contribution in [0.1, 0.15) is 5.56 Å². The third-order valence-corrected chi connectivity index (χ3v) is 2.32. The molecule has 64 valence electrons. The van der Waals surface area contributed by atoms with E-state index in [1.54, 1.807) is 12.1 Å². The second kappa shape index (κ2) is 3.45. The van der Waals surface area contributed by atoms with Crippen LogP contribution in [-0.2, 0) is 0 Å². The predicted molar refractivity (Wildman–Crippen MR) is 52.8 cm³/mol. The first-order valence-electron chi connectivity index (χ1n) is 3.16. The van der Waals surface area contributed by atoms with E-state index in [-0.39, 0.29) is 5.69 Å². The minimum absolute atomic E-state index is 0.0175. The van der Waals surface area contributed by atoms with Gasteiger partial charge >= 0.3 is 0 Å². The molecule has 0 saturated carbocycles. The van der Waals surface area contributed by atoms with Gasteiger partial charge in [-0.25, -0.2) is 0 Å². The Kier molecular flexibility index (Phi) is 2.74. The van der Waals surface area contributed by atoms with Gasteiger partial charge in [0.25, 0.3) is 5.69 Å². The Morgan fingerprint density at radius 1 is 1.58 bits per heavy atom. The Morgan fingerprint density at radius 2 is 2.17 bits per heavy atom. The summed E-state index contributed by atoms with van der Waals surface area (Å²) in [6.45, 7) is 1.86. The van der Waals surface area contributed by atoms with Crippen LogP contribution in [0.2, 0.25) is 0 Å². The van der Waals surface area contributed by atoms with Crippen molar-refractivity contribution in [1.82, 2.24) is 0 Å². The summed E-state index contributed by atoms with van der Waals surface area (Å²) in [4.78, 5) is 10.4. The van der Waals surface area contributed by atoms with E-state index in [2.05, 4.69) is 28.6 Å². The van der Waals surface area contributed by atoms with Crippen molar-refractivity contribution in [2.45, 2.75) is 11.8 Å². The van der Waals surface area contributed by atoms with Gasteiger partial charge in [0.2, 0.25) is 0 Å². The van der Waals surface area contributed by atoms with Crippen molar-refractivity contribution in [3.05, 3.63) is 32.3 Å². The Morgan fingerprint density at radius 3 is 2.58 bits per heavy atom. The molecular weight excluding hydrogens is 242 g/mol. The molecule has 0 aliphatic heterocycles. The fraction of sp³-hybridized carbons (Fsp3) is 0.143. The van der Waals surface area contributed by atoms with Crippen LogP contribution in [0.25, 0.3) is 0 Å². The van der Waals surface area contributed by atoms with E-state index in [4.69, 9.17) is 0 Å². The highest BCUT2D eigenvalue weighted by atomic mass is 79.9. The smallest absolute Gasteiger partial charge is 0.258 e. The molecule has 3 nitrogen and oxygen atoms in total. The van der Waals surface area contributed by atoms with Gasteiger partial charge in [-0.1, -0.05) is 0 Å². The first kappa shape index (κ1) is 9.54. The highest BCUT2D eigenvalue weighted by molar-refractivity contribution is 9.10. The number of nitro benzene ring substituents is 1. The van der Waals surface area contributed by atoms with Crippen LogP contribution in [0.4, 0.5) is 5.69 Å². The normalized spacial score (nSPS) is 9.92. The Balaban J connectivity index is 3.38. The molecular formula is C7H6BrNO2S. The molecule has 0 aliphatic carbocycles. The second-order valence-corrected chi connectivity index (χ2v) is 3.71. The van der Waals surface area contributed by atoms with E-state index in [1.165, 1.54) is 0 Å². The molecule has 0 amide bonds. The lowest BCUT2D eigenvalue weighted by Gasteiger charge is -1.99. The quantitative estimate of drug-likeness (QED) is 0.471. The van der Waals surface area contributed by atoms with E-state index in [9.17, 15) is 10.1 Å². The van der Waals surface area contributed by atoms with Gasteiger partial charge in [-0.2, -0.15) is 0 Å². The lowest BCUT2D eigenvalue weighted by atomic mass is 10.2. The minimum Gasteiger partial charge on any atom is -0.258 e. The Bertz CT molecular complexity index is 317. The molecule has 0 spiro atoms. The summed E-state index contributed by atoms with van der Waals surface area (Å²) in [5.74, 6) is 0. The summed E-state index contributed by atoms with van der Waals surface area (Å²) in [6.07, 6.45) is 0.